The predicted molar refractivity (Wildman–Crippen MR) is 82.4 cm³/mol. The van der Waals surface area contributed by atoms with E-state index in [9.17, 15) is 8.78 Å². The minimum absolute atomic E-state index is 0.112. The molecular weight excluding hydrogens is 268 g/mol. The third-order valence-corrected chi connectivity index (χ3v) is 3.71. The summed E-state index contributed by atoms with van der Waals surface area (Å²) in [6, 6.07) is 9.80. The Hall–Kier alpha value is -1.74. The Balaban J connectivity index is 2.32. The maximum atomic E-state index is 14.1. The average Bonchev–Trinajstić information content (AvgIpc) is 2.44. The van der Waals surface area contributed by atoms with Crippen LogP contribution in [0.4, 0.5) is 8.78 Å². The van der Waals surface area contributed by atoms with E-state index in [0.29, 0.717) is 12.0 Å². The molecule has 0 aliphatic heterocycles. The standard InChI is InChI=1S/C18H21F2N/c1-4-21-18(16-9-12(2)5-8-17(16)20)11-14-6-7-15(19)10-13(14)3/h5-10,18,21H,4,11H2,1-3H3. The molecule has 2 aromatic rings. The molecule has 2 aromatic carbocycles. The fourth-order valence-corrected chi connectivity index (χ4v) is 2.58. The molecule has 1 atom stereocenters. The number of hydrogen-bond donors (Lipinski definition) is 1. The van der Waals surface area contributed by atoms with Crippen LogP contribution in [-0.2, 0) is 6.42 Å². The summed E-state index contributed by atoms with van der Waals surface area (Å²) >= 11 is 0. The van der Waals surface area contributed by atoms with Gasteiger partial charge in [0, 0.05) is 11.6 Å². The molecule has 1 nitrogen and oxygen atoms in total. The first-order valence-electron chi connectivity index (χ1n) is 7.25. The minimum atomic E-state index is -0.238. The highest BCUT2D eigenvalue weighted by Crippen LogP contribution is 2.24. The van der Waals surface area contributed by atoms with Gasteiger partial charge in [0.15, 0.2) is 0 Å². The van der Waals surface area contributed by atoms with Crippen LogP contribution in [0.25, 0.3) is 0 Å². The molecule has 2 rings (SSSR count). The van der Waals surface area contributed by atoms with Crippen molar-refractivity contribution in [2.45, 2.75) is 33.2 Å². The lowest BCUT2D eigenvalue weighted by Gasteiger charge is -2.20. The van der Waals surface area contributed by atoms with E-state index in [1.165, 1.54) is 18.2 Å². The fourth-order valence-electron chi connectivity index (χ4n) is 2.58. The first-order chi connectivity index (χ1) is 10.0. The van der Waals surface area contributed by atoms with E-state index in [1.807, 2.05) is 26.8 Å². The van der Waals surface area contributed by atoms with E-state index >= 15 is 0 Å². The summed E-state index contributed by atoms with van der Waals surface area (Å²) in [6.45, 7) is 6.58. The summed E-state index contributed by atoms with van der Waals surface area (Å²) in [5.41, 5.74) is 3.62. The Morgan fingerprint density at radius 3 is 2.48 bits per heavy atom. The number of nitrogens with one attached hydrogen (secondary N) is 1. The smallest absolute Gasteiger partial charge is 0.128 e. The SMILES string of the molecule is CCNC(Cc1ccc(F)cc1C)c1cc(C)ccc1F. The number of halogens is 2. The summed E-state index contributed by atoms with van der Waals surface area (Å²) < 4.78 is 27.3. The molecule has 0 saturated heterocycles. The van der Waals surface area contributed by atoms with Gasteiger partial charge in [0.05, 0.1) is 0 Å². The van der Waals surface area contributed by atoms with E-state index in [1.54, 1.807) is 12.1 Å². The summed E-state index contributed by atoms with van der Waals surface area (Å²) in [4.78, 5) is 0. The van der Waals surface area contributed by atoms with Crippen molar-refractivity contribution in [3.63, 3.8) is 0 Å². The monoisotopic (exact) mass is 289 g/mol. The second kappa shape index (κ2) is 6.81. The van der Waals surface area contributed by atoms with Crippen LogP contribution >= 0.6 is 0 Å². The van der Waals surface area contributed by atoms with Gasteiger partial charge in [0.1, 0.15) is 11.6 Å². The first kappa shape index (κ1) is 15.6. The highest BCUT2D eigenvalue weighted by Gasteiger charge is 2.16. The number of aryl methyl sites for hydroxylation is 2. The van der Waals surface area contributed by atoms with Crippen molar-refractivity contribution >= 4 is 0 Å². The van der Waals surface area contributed by atoms with Gasteiger partial charge in [-0.1, -0.05) is 30.7 Å². The zero-order valence-electron chi connectivity index (χ0n) is 12.7. The number of benzene rings is 2. The van der Waals surface area contributed by atoms with Crippen molar-refractivity contribution in [2.75, 3.05) is 6.54 Å². The molecule has 0 radical (unpaired) electrons. The molecule has 1 unspecified atom stereocenters. The zero-order chi connectivity index (χ0) is 15.4. The second-order valence-electron chi connectivity index (χ2n) is 5.41. The average molecular weight is 289 g/mol. The maximum absolute atomic E-state index is 14.1. The van der Waals surface area contributed by atoms with Gasteiger partial charge in [-0.15, -0.1) is 0 Å². The first-order valence-corrected chi connectivity index (χ1v) is 7.25. The molecule has 0 saturated carbocycles. The number of rotatable bonds is 5. The van der Waals surface area contributed by atoms with Crippen molar-refractivity contribution in [3.8, 4) is 0 Å². The summed E-state index contributed by atoms with van der Waals surface area (Å²) in [6.07, 6.45) is 0.639. The van der Waals surface area contributed by atoms with Gasteiger partial charge < -0.3 is 5.32 Å². The molecule has 0 aliphatic carbocycles. The summed E-state index contributed by atoms with van der Waals surface area (Å²) in [7, 11) is 0. The van der Waals surface area contributed by atoms with E-state index in [4.69, 9.17) is 0 Å². The fraction of sp³-hybridized carbons (Fsp3) is 0.333. The van der Waals surface area contributed by atoms with Gasteiger partial charge in [-0.25, -0.2) is 8.78 Å². The van der Waals surface area contributed by atoms with Crippen molar-refractivity contribution in [2.24, 2.45) is 0 Å². The van der Waals surface area contributed by atoms with Crippen LogP contribution in [-0.4, -0.2) is 6.54 Å². The minimum Gasteiger partial charge on any atom is -0.310 e. The van der Waals surface area contributed by atoms with E-state index < -0.39 is 0 Å². The number of likely N-dealkylation sites (N-methyl/N-ethyl adjacent to an activating group) is 1. The Kier molecular flexibility index (Phi) is 5.07. The third kappa shape index (κ3) is 3.88. The van der Waals surface area contributed by atoms with Gasteiger partial charge in [0.2, 0.25) is 0 Å². The van der Waals surface area contributed by atoms with Crippen LogP contribution in [0.2, 0.25) is 0 Å². The van der Waals surface area contributed by atoms with Gasteiger partial charge in [0.25, 0.3) is 0 Å². The number of hydrogen-bond acceptors (Lipinski definition) is 1. The van der Waals surface area contributed by atoms with E-state index in [-0.39, 0.29) is 17.7 Å². The molecule has 112 valence electrons. The van der Waals surface area contributed by atoms with Crippen molar-refractivity contribution in [3.05, 3.63) is 70.3 Å². The normalized spacial score (nSPS) is 12.4. The van der Waals surface area contributed by atoms with Crippen molar-refractivity contribution in [1.82, 2.24) is 5.32 Å². The van der Waals surface area contributed by atoms with E-state index in [0.717, 1.165) is 23.2 Å². The van der Waals surface area contributed by atoms with Gasteiger partial charge in [-0.2, -0.15) is 0 Å². The molecule has 0 spiro atoms. The van der Waals surface area contributed by atoms with Crippen molar-refractivity contribution in [1.29, 1.82) is 0 Å². The summed E-state index contributed by atoms with van der Waals surface area (Å²) in [5.74, 6) is -0.440. The van der Waals surface area contributed by atoms with Crippen LogP contribution in [0.5, 0.6) is 0 Å². The predicted octanol–water partition coefficient (Wildman–Crippen LogP) is 4.47. The summed E-state index contributed by atoms with van der Waals surface area (Å²) in [5, 5.41) is 3.32. The molecular formula is C18H21F2N. The quantitative estimate of drug-likeness (QED) is 0.856. The molecule has 0 aliphatic rings. The molecule has 1 N–H and O–H groups in total. The molecule has 0 bridgehead atoms. The Morgan fingerprint density at radius 1 is 1.05 bits per heavy atom. The van der Waals surface area contributed by atoms with Crippen molar-refractivity contribution < 1.29 is 8.78 Å². The van der Waals surface area contributed by atoms with Crippen LogP contribution in [0.1, 0.15) is 35.2 Å². The molecule has 0 amide bonds. The Morgan fingerprint density at radius 2 is 1.81 bits per heavy atom. The lowest BCUT2D eigenvalue weighted by Crippen LogP contribution is -2.24. The van der Waals surface area contributed by atoms with Crippen LogP contribution in [0.3, 0.4) is 0 Å². The Bertz CT molecular complexity index is 623. The molecule has 3 heteroatoms. The Labute approximate surface area is 125 Å². The lowest BCUT2D eigenvalue weighted by molar-refractivity contribution is 0.508. The molecule has 21 heavy (non-hydrogen) atoms. The van der Waals surface area contributed by atoms with Crippen LogP contribution < -0.4 is 5.32 Å². The topological polar surface area (TPSA) is 12.0 Å². The highest BCUT2D eigenvalue weighted by molar-refractivity contribution is 5.32. The molecule has 0 fully saturated rings. The largest absolute Gasteiger partial charge is 0.310 e. The van der Waals surface area contributed by atoms with Gasteiger partial charge >= 0.3 is 0 Å². The van der Waals surface area contributed by atoms with Gasteiger partial charge in [-0.05, 0) is 56.1 Å². The molecule has 0 heterocycles. The van der Waals surface area contributed by atoms with Crippen LogP contribution in [0.15, 0.2) is 36.4 Å². The lowest BCUT2D eigenvalue weighted by atomic mass is 9.94. The van der Waals surface area contributed by atoms with Gasteiger partial charge in [-0.3, -0.25) is 0 Å². The van der Waals surface area contributed by atoms with Crippen LogP contribution in [0, 0.1) is 25.5 Å². The zero-order valence-corrected chi connectivity index (χ0v) is 12.7. The van der Waals surface area contributed by atoms with E-state index in [2.05, 4.69) is 5.32 Å². The molecule has 0 aromatic heterocycles. The highest BCUT2D eigenvalue weighted by atomic mass is 19.1. The third-order valence-electron chi connectivity index (χ3n) is 3.71. The maximum Gasteiger partial charge on any atom is 0.128 e. The second-order valence-corrected chi connectivity index (χ2v) is 5.41.